The van der Waals surface area contributed by atoms with Crippen LogP contribution in [0, 0.1) is 47.3 Å². The molecule has 8 atom stereocenters. The van der Waals surface area contributed by atoms with Crippen LogP contribution >= 0.6 is 27.0 Å². The number of rotatable bonds is 0. The van der Waals surface area contributed by atoms with Crippen molar-refractivity contribution < 1.29 is 17.7 Å². The molecule has 4 heterocycles. The van der Waals surface area contributed by atoms with E-state index in [9.17, 15) is 0 Å². The molecule has 0 amide bonds. The molecular formula is C60H84O4S2. The highest BCUT2D eigenvalue weighted by Gasteiger charge is 2.47. The van der Waals surface area contributed by atoms with E-state index in [0.29, 0.717) is 23.7 Å². The quantitative estimate of drug-likeness (QED) is 0.165. The van der Waals surface area contributed by atoms with Gasteiger partial charge in [0.1, 0.15) is 23.0 Å². The molecule has 8 aliphatic rings. The molecule has 0 aromatic carbocycles. The third-order valence-electron chi connectivity index (χ3n) is 18.6. The van der Waals surface area contributed by atoms with Crippen LogP contribution in [0.2, 0.25) is 0 Å². The summed E-state index contributed by atoms with van der Waals surface area (Å²) in [5.74, 6) is 10.8. The molecule has 0 radical (unpaired) electrons. The first kappa shape index (κ1) is 50.7. The molecule has 0 N–H and O–H groups in total. The average molecular weight is 933 g/mol. The van der Waals surface area contributed by atoms with E-state index in [4.69, 9.17) is 17.7 Å². The first-order valence-corrected chi connectivity index (χ1v) is 25.3. The van der Waals surface area contributed by atoms with Crippen LogP contribution in [0.1, 0.15) is 180 Å². The number of furan rings is 4. The monoisotopic (exact) mass is 933 g/mol. The number of hydrogen-bond acceptors (Lipinski definition) is 4. The zero-order valence-electron chi connectivity index (χ0n) is 42.7. The lowest BCUT2D eigenvalue weighted by molar-refractivity contribution is 0.187. The largest absolute Gasteiger partial charge is 0.469 e. The molecule has 6 heteroatoms. The van der Waals surface area contributed by atoms with Gasteiger partial charge in [-0.25, -0.2) is 0 Å². The molecule has 4 aromatic rings. The minimum absolute atomic E-state index is 0. The fourth-order valence-electron chi connectivity index (χ4n) is 15.0. The number of hydrogen-bond donors (Lipinski definition) is 0. The summed E-state index contributed by atoms with van der Waals surface area (Å²) in [6.45, 7) is 28.1. The van der Waals surface area contributed by atoms with Crippen LogP contribution in [0.3, 0.4) is 0 Å². The fourth-order valence-corrected chi connectivity index (χ4v) is 15.0. The van der Waals surface area contributed by atoms with E-state index in [1.54, 1.807) is 22.3 Å². The average Bonchev–Trinajstić information content (AvgIpc) is 4.07. The van der Waals surface area contributed by atoms with Crippen molar-refractivity contribution in [2.24, 2.45) is 47.3 Å². The minimum Gasteiger partial charge on any atom is -0.469 e. The van der Waals surface area contributed by atoms with Gasteiger partial charge in [-0.05, 0) is 195 Å². The molecule has 360 valence electrons. The van der Waals surface area contributed by atoms with Gasteiger partial charge in [-0.3, -0.25) is 0 Å². The van der Waals surface area contributed by atoms with Gasteiger partial charge in [0, 0.05) is 25.7 Å². The Hall–Kier alpha value is -3.22. The SMILES string of the molecule is CC1=C[C@@H]2Cc3occc3C(C)(C)[C@@H]2CC1.CC1=C[C@@H]2Cc3occc3C(C)(C)[C@@H]2CC1.CC1=C[C@@H]2Cc3occc3C(C)(C)[C@@H]2CC1.CC1=C[C@@H]2Cc3occc3C(C)(C)[C@@H]2CC1.S.S. The van der Waals surface area contributed by atoms with Crippen molar-refractivity contribution in [3.8, 4) is 0 Å². The van der Waals surface area contributed by atoms with Crippen LogP contribution in [0.4, 0.5) is 0 Å². The maximum atomic E-state index is 5.65. The summed E-state index contributed by atoms with van der Waals surface area (Å²) in [7, 11) is 0. The van der Waals surface area contributed by atoms with E-state index in [1.807, 2.05) is 25.1 Å². The maximum absolute atomic E-state index is 5.65. The van der Waals surface area contributed by atoms with Crippen molar-refractivity contribution in [2.45, 2.75) is 182 Å². The van der Waals surface area contributed by atoms with Gasteiger partial charge >= 0.3 is 0 Å². The van der Waals surface area contributed by atoms with Gasteiger partial charge in [-0.2, -0.15) is 27.0 Å². The Labute approximate surface area is 412 Å². The number of fused-ring (bicyclic) bond motifs is 8. The predicted octanol–water partition coefficient (Wildman–Crippen LogP) is 16.6. The van der Waals surface area contributed by atoms with Crippen molar-refractivity contribution in [1.29, 1.82) is 0 Å². The number of allylic oxidation sites excluding steroid dienone is 8. The Morgan fingerprint density at radius 2 is 0.545 bits per heavy atom. The highest BCUT2D eigenvalue weighted by Crippen LogP contribution is 2.53. The summed E-state index contributed by atoms with van der Waals surface area (Å²) in [5, 5.41) is 0. The molecule has 0 aliphatic heterocycles. The van der Waals surface area contributed by atoms with E-state index in [-0.39, 0.29) is 48.7 Å². The van der Waals surface area contributed by atoms with Gasteiger partial charge in [-0.15, -0.1) is 0 Å². The lowest BCUT2D eigenvalue weighted by Crippen LogP contribution is -2.40. The highest BCUT2D eigenvalue weighted by molar-refractivity contribution is 7.59. The Kier molecular flexibility index (Phi) is 14.8. The Balaban J connectivity index is 0.000000130. The smallest absolute Gasteiger partial charge is 0.108 e. The third-order valence-corrected chi connectivity index (χ3v) is 18.6. The highest BCUT2D eigenvalue weighted by atomic mass is 32.1. The zero-order chi connectivity index (χ0) is 45.3. The van der Waals surface area contributed by atoms with Crippen molar-refractivity contribution in [2.75, 3.05) is 0 Å². The van der Waals surface area contributed by atoms with Crippen LogP contribution in [0.25, 0.3) is 0 Å². The van der Waals surface area contributed by atoms with E-state index >= 15 is 0 Å². The van der Waals surface area contributed by atoms with Crippen LogP contribution in [0.5, 0.6) is 0 Å². The van der Waals surface area contributed by atoms with Gasteiger partial charge in [-0.1, -0.05) is 102 Å². The van der Waals surface area contributed by atoms with Crippen molar-refractivity contribution in [1.82, 2.24) is 0 Å². The molecule has 0 saturated heterocycles. The Bertz CT molecular complexity index is 2090. The molecule has 4 nitrogen and oxygen atoms in total. The van der Waals surface area contributed by atoms with Crippen LogP contribution < -0.4 is 0 Å². The molecule has 0 saturated carbocycles. The second-order valence-electron chi connectivity index (χ2n) is 24.0. The standard InChI is InChI=1S/4C15H20O.2H2S/c4*1-10-4-5-12-11(8-10)9-14-13(6-7-16-14)15(12,2)3;;/h4*6-8,11-12H,4-5,9H2,1-3H3;2*1H2/t4*11-,12-;;/m1111../s1. The second-order valence-corrected chi connectivity index (χ2v) is 24.0. The predicted molar refractivity (Wildman–Crippen MR) is 282 cm³/mol. The van der Waals surface area contributed by atoms with Gasteiger partial charge in [0.15, 0.2) is 0 Å². The molecule has 4 aromatic heterocycles. The van der Waals surface area contributed by atoms with Crippen LogP contribution in [-0.4, -0.2) is 0 Å². The summed E-state index contributed by atoms with van der Waals surface area (Å²) < 4.78 is 22.6. The summed E-state index contributed by atoms with van der Waals surface area (Å²) in [4.78, 5) is 0. The summed E-state index contributed by atoms with van der Waals surface area (Å²) in [6, 6.07) is 8.71. The minimum atomic E-state index is 0. The zero-order valence-corrected chi connectivity index (χ0v) is 44.7. The fraction of sp³-hybridized carbons (Fsp3) is 0.600. The van der Waals surface area contributed by atoms with E-state index < -0.39 is 0 Å². The molecule has 0 bridgehead atoms. The molecule has 0 spiro atoms. The molecule has 66 heavy (non-hydrogen) atoms. The third kappa shape index (κ3) is 9.31. The second kappa shape index (κ2) is 19.3. The lowest BCUT2D eigenvalue weighted by Gasteiger charge is -2.44. The molecule has 8 aliphatic carbocycles. The van der Waals surface area contributed by atoms with Gasteiger partial charge in [0.25, 0.3) is 0 Å². The Morgan fingerprint density at radius 1 is 0.348 bits per heavy atom. The van der Waals surface area contributed by atoms with E-state index in [2.05, 4.69) is 132 Å². The van der Waals surface area contributed by atoms with E-state index in [0.717, 1.165) is 49.4 Å². The molecule has 0 unspecified atom stereocenters. The van der Waals surface area contributed by atoms with Gasteiger partial charge in [0.2, 0.25) is 0 Å². The van der Waals surface area contributed by atoms with Gasteiger partial charge in [0.05, 0.1) is 25.1 Å². The first-order chi connectivity index (χ1) is 30.3. The first-order valence-electron chi connectivity index (χ1n) is 25.3. The lowest BCUT2D eigenvalue weighted by atomic mass is 9.59. The summed E-state index contributed by atoms with van der Waals surface area (Å²) in [6.07, 6.45) is 32.3. The molecule has 0 fully saturated rings. The van der Waals surface area contributed by atoms with Gasteiger partial charge < -0.3 is 17.7 Å². The topological polar surface area (TPSA) is 52.6 Å². The summed E-state index contributed by atoms with van der Waals surface area (Å²) >= 11 is 0. The maximum Gasteiger partial charge on any atom is 0.108 e. The molecular weight excluding hydrogens is 849 g/mol. The molecule has 12 rings (SSSR count). The van der Waals surface area contributed by atoms with Crippen molar-refractivity contribution in [3.05, 3.63) is 141 Å². The Morgan fingerprint density at radius 3 is 0.742 bits per heavy atom. The summed E-state index contributed by atoms with van der Waals surface area (Å²) in [5.41, 5.74) is 13.2. The van der Waals surface area contributed by atoms with Crippen molar-refractivity contribution >= 4 is 27.0 Å². The van der Waals surface area contributed by atoms with E-state index in [1.165, 1.54) is 96.7 Å². The van der Waals surface area contributed by atoms with Crippen LogP contribution in [0.15, 0.2) is 114 Å². The normalized spacial score (nSPS) is 30.6. The van der Waals surface area contributed by atoms with Crippen LogP contribution in [-0.2, 0) is 47.3 Å². The van der Waals surface area contributed by atoms with Crippen molar-refractivity contribution in [3.63, 3.8) is 0 Å².